The van der Waals surface area contributed by atoms with Crippen molar-refractivity contribution < 1.29 is 5.11 Å². The number of anilines is 2. The molecule has 0 radical (unpaired) electrons. The van der Waals surface area contributed by atoms with E-state index >= 15 is 0 Å². The van der Waals surface area contributed by atoms with E-state index in [-0.39, 0.29) is 29.4 Å². The van der Waals surface area contributed by atoms with Gasteiger partial charge < -0.3 is 16.6 Å². The van der Waals surface area contributed by atoms with Crippen LogP contribution in [-0.4, -0.2) is 32.1 Å². The predicted molar refractivity (Wildman–Crippen MR) is 58.6 cm³/mol. The quantitative estimate of drug-likeness (QED) is 0.387. The number of aliphatic hydroxyl groups excluding tert-OH is 1. The van der Waals surface area contributed by atoms with Crippen LogP contribution >= 0.6 is 0 Å². The van der Waals surface area contributed by atoms with E-state index in [4.69, 9.17) is 16.6 Å². The van der Waals surface area contributed by atoms with Gasteiger partial charge in [0.05, 0.1) is 5.69 Å². The molecule has 0 aliphatic rings. The first-order chi connectivity index (χ1) is 7.65. The van der Waals surface area contributed by atoms with Gasteiger partial charge in [-0.3, -0.25) is 20.1 Å². The second-order valence-corrected chi connectivity index (χ2v) is 3.30. The van der Waals surface area contributed by atoms with E-state index in [1.165, 1.54) is 0 Å². The first-order valence-corrected chi connectivity index (χ1v) is 4.65. The molecule has 0 saturated carbocycles. The summed E-state index contributed by atoms with van der Waals surface area (Å²) in [6, 6.07) is 0. The minimum atomic E-state index is -0.361. The van der Waals surface area contributed by atoms with Gasteiger partial charge in [-0.1, -0.05) is 0 Å². The summed E-state index contributed by atoms with van der Waals surface area (Å²) in [7, 11) is 0. The highest BCUT2D eigenvalue weighted by Crippen LogP contribution is 2.25. The minimum Gasteiger partial charge on any atom is -0.396 e. The van der Waals surface area contributed by atoms with Crippen molar-refractivity contribution in [3.8, 4) is 11.3 Å². The number of aromatic nitrogens is 4. The molecule has 0 saturated heterocycles. The van der Waals surface area contributed by atoms with Crippen LogP contribution in [0.3, 0.4) is 0 Å². The fourth-order valence-electron chi connectivity index (χ4n) is 1.57. The van der Waals surface area contributed by atoms with Crippen LogP contribution in [0.1, 0.15) is 5.56 Å². The molecule has 8 N–H and O–H groups in total. The van der Waals surface area contributed by atoms with Crippen LogP contribution in [0.25, 0.3) is 11.3 Å². The van der Waals surface area contributed by atoms with Crippen molar-refractivity contribution in [3.05, 3.63) is 15.9 Å². The van der Waals surface area contributed by atoms with Crippen molar-refractivity contribution in [2.24, 2.45) is 0 Å². The Hall–Kier alpha value is -2.22. The second-order valence-electron chi connectivity index (χ2n) is 3.30. The summed E-state index contributed by atoms with van der Waals surface area (Å²) in [4.78, 5) is 11.5. The van der Waals surface area contributed by atoms with E-state index in [2.05, 4.69) is 20.4 Å². The third kappa shape index (κ3) is 1.44. The fraction of sp³-hybridized carbons (Fsp3) is 0.250. The molecule has 0 aliphatic heterocycles. The van der Waals surface area contributed by atoms with Gasteiger partial charge in [0.15, 0.2) is 0 Å². The molecule has 8 heteroatoms. The van der Waals surface area contributed by atoms with Gasteiger partial charge in [-0.2, -0.15) is 5.10 Å². The van der Waals surface area contributed by atoms with Gasteiger partial charge >= 0.3 is 0 Å². The van der Waals surface area contributed by atoms with E-state index in [0.717, 1.165) is 0 Å². The second kappa shape index (κ2) is 3.74. The maximum Gasteiger partial charge on any atom is 0.275 e. The lowest BCUT2D eigenvalue weighted by Crippen LogP contribution is -2.05. The Labute approximate surface area is 89.6 Å². The number of aliphatic hydroxyl groups is 1. The van der Waals surface area contributed by atoms with Gasteiger partial charge in [-0.15, -0.1) is 0 Å². The molecular formula is C8H12N6O2. The van der Waals surface area contributed by atoms with Crippen molar-refractivity contribution >= 4 is 11.6 Å². The molecule has 0 aliphatic carbocycles. The molecule has 8 nitrogen and oxygen atoms in total. The molecule has 86 valence electrons. The lowest BCUT2D eigenvalue weighted by atomic mass is 10.1. The van der Waals surface area contributed by atoms with Crippen LogP contribution in [0.2, 0.25) is 0 Å². The average Bonchev–Trinajstić information content (AvgIpc) is 2.74. The number of nitrogen functional groups attached to an aromatic ring is 2. The summed E-state index contributed by atoms with van der Waals surface area (Å²) in [6.45, 7) is -0.0844. The van der Waals surface area contributed by atoms with E-state index in [1.807, 2.05) is 0 Å². The third-order valence-corrected chi connectivity index (χ3v) is 2.32. The Morgan fingerprint density at radius 3 is 2.62 bits per heavy atom. The molecule has 0 spiro atoms. The van der Waals surface area contributed by atoms with Crippen LogP contribution in [0, 0.1) is 0 Å². The summed E-state index contributed by atoms with van der Waals surface area (Å²) in [5.41, 5.74) is 12.1. The number of aromatic amines is 3. The zero-order chi connectivity index (χ0) is 11.7. The van der Waals surface area contributed by atoms with Gasteiger partial charge in [0, 0.05) is 18.6 Å². The topological polar surface area (TPSA) is 150 Å². The largest absolute Gasteiger partial charge is 0.396 e. The highest BCUT2D eigenvalue weighted by molar-refractivity contribution is 5.75. The van der Waals surface area contributed by atoms with E-state index in [9.17, 15) is 4.79 Å². The number of nitrogens with one attached hydrogen (secondary N) is 3. The van der Waals surface area contributed by atoms with Crippen molar-refractivity contribution in [1.29, 1.82) is 0 Å². The molecule has 0 unspecified atom stereocenters. The van der Waals surface area contributed by atoms with Gasteiger partial charge in [0.2, 0.25) is 0 Å². The molecule has 0 atom stereocenters. The Balaban J connectivity index is 2.60. The van der Waals surface area contributed by atoms with Crippen LogP contribution in [-0.2, 0) is 6.42 Å². The predicted octanol–water partition coefficient (Wildman–Crippen LogP) is -1.21. The molecule has 2 aromatic heterocycles. The molecule has 2 aromatic rings. The highest BCUT2D eigenvalue weighted by Gasteiger charge is 2.18. The minimum absolute atomic E-state index is 0.0844. The summed E-state index contributed by atoms with van der Waals surface area (Å²) < 4.78 is 0. The molecule has 0 amide bonds. The normalized spacial score (nSPS) is 10.8. The van der Waals surface area contributed by atoms with E-state index in [0.29, 0.717) is 17.7 Å². The Morgan fingerprint density at radius 1 is 1.31 bits per heavy atom. The number of H-pyrrole nitrogens is 3. The monoisotopic (exact) mass is 224 g/mol. The molecule has 2 heterocycles. The zero-order valence-electron chi connectivity index (χ0n) is 8.37. The Morgan fingerprint density at radius 2 is 2.06 bits per heavy atom. The van der Waals surface area contributed by atoms with Gasteiger partial charge in [0.25, 0.3) is 5.56 Å². The van der Waals surface area contributed by atoms with Crippen LogP contribution in [0.5, 0.6) is 0 Å². The summed E-state index contributed by atoms with van der Waals surface area (Å²) in [5.74, 6) is 0.455. The smallest absolute Gasteiger partial charge is 0.275 e. The zero-order valence-corrected chi connectivity index (χ0v) is 8.37. The fourth-order valence-corrected chi connectivity index (χ4v) is 1.57. The summed E-state index contributed by atoms with van der Waals surface area (Å²) >= 11 is 0. The van der Waals surface area contributed by atoms with Gasteiger partial charge in [-0.05, 0) is 0 Å². The van der Waals surface area contributed by atoms with Crippen LogP contribution < -0.4 is 17.0 Å². The highest BCUT2D eigenvalue weighted by atomic mass is 16.3. The Kier molecular flexibility index (Phi) is 2.41. The van der Waals surface area contributed by atoms with Crippen LogP contribution in [0.15, 0.2) is 4.79 Å². The SMILES string of the molecule is Nc1n[nH]c(-c2c(N)[nH][nH]c2=O)c1CCO. The number of hydrogen-bond donors (Lipinski definition) is 6. The third-order valence-electron chi connectivity index (χ3n) is 2.32. The molecule has 0 bridgehead atoms. The standard InChI is InChI=1S/C8H12N6O2/c9-6-3(1-2-15)5(11-12-6)4-7(10)13-14-8(4)16/h15H,1-2H2,(H3,9,11,12)(H4,10,13,14,16). The van der Waals surface area contributed by atoms with Crippen molar-refractivity contribution in [1.82, 2.24) is 20.4 Å². The van der Waals surface area contributed by atoms with Crippen LogP contribution in [0.4, 0.5) is 11.6 Å². The number of nitrogens with zero attached hydrogens (tertiary/aromatic N) is 1. The molecular weight excluding hydrogens is 212 g/mol. The molecule has 0 aromatic carbocycles. The number of nitrogens with two attached hydrogens (primary N) is 2. The Bertz CT molecular complexity index is 551. The molecule has 0 fully saturated rings. The maximum atomic E-state index is 11.5. The number of rotatable bonds is 3. The average molecular weight is 224 g/mol. The van der Waals surface area contributed by atoms with E-state index in [1.54, 1.807) is 0 Å². The van der Waals surface area contributed by atoms with Crippen molar-refractivity contribution in [3.63, 3.8) is 0 Å². The lowest BCUT2D eigenvalue weighted by Gasteiger charge is -1.99. The summed E-state index contributed by atoms with van der Waals surface area (Å²) in [5, 5.41) is 20.2. The molecule has 2 rings (SSSR count). The van der Waals surface area contributed by atoms with Crippen molar-refractivity contribution in [2.75, 3.05) is 18.1 Å². The molecule has 16 heavy (non-hydrogen) atoms. The lowest BCUT2D eigenvalue weighted by molar-refractivity contribution is 0.300. The summed E-state index contributed by atoms with van der Waals surface area (Å²) in [6.07, 6.45) is 0.307. The van der Waals surface area contributed by atoms with E-state index < -0.39 is 0 Å². The van der Waals surface area contributed by atoms with Gasteiger partial charge in [0.1, 0.15) is 17.2 Å². The first-order valence-electron chi connectivity index (χ1n) is 4.65. The van der Waals surface area contributed by atoms with Gasteiger partial charge in [-0.25, -0.2) is 0 Å². The van der Waals surface area contributed by atoms with Crippen molar-refractivity contribution in [2.45, 2.75) is 6.42 Å². The first kappa shape index (κ1) is 10.3. The number of hydrogen-bond acceptors (Lipinski definition) is 5. The maximum absolute atomic E-state index is 11.5.